The van der Waals surface area contributed by atoms with Gasteiger partial charge in [0, 0.05) is 17.8 Å². The number of pyridine rings is 1. The van der Waals surface area contributed by atoms with Crippen LogP contribution in [0, 0.1) is 6.92 Å². The second-order valence-electron chi connectivity index (χ2n) is 3.28. The minimum absolute atomic E-state index is 0.142. The van der Waals surface area contributed by atoms with Gasteiger partial charge in [-0.3, -0.25) is 4.98 Å². The van der Waals surface area contributed by atoms with Gasteiger partial charge in [-0.2, -0.15) is 0 Å². The molecule has 0 aliphatic rings. The Balaban J connectivity index is 2.50. The van der Waals surface area contributed by atoms with Crippen molar-refractivity contribution in [1.29, 1.82) is 0 Å². The number of nitrogen functional groups attached to an aromatic ring is 1. The first-order chi connectivity index (χ1) is 7.59. The van der Waals surface area contributed by atoms with E-state index in [4.69, 9.17) is 15.4 Å². The average Bonchev–Trinajstić information content (AvgIpc) is 2.71. The van der Waals surface area contributed by atoms with Gasteiger partial charge in [-0.1, -0.05) is 5.16 Å². The zero-order valence-electron chi connectivity index (χ0n) is 8.47. The lowest BCUT2D eigenvalue weighted by atomic mass is 10.1. The van der Waals surface area contributed by atoms with Gasteiger partial charge in [0.1, 0.15) is 0 Å². The standard InChI is InChI=1S/C10H9N3O3/c1-5-6(3-12-4-7(5)11)9-2-8(10(14)15)13-16-9/h2-4H,11H2,1H3,(H,14,15). The van der Waals surface area contributed by atoms with Crippen LogP contribution in [-0.2, 0) is 0 Å². The molecule has 0 atom stereocenters. The maximum Gasteiger partial charge on any atom is 0.358 e. The molecule has 2 heterocycles. The van der Waals surface area contributed by atoms with E-state index in [9.17, 15) is 4.79 Å². The predicted octanol–water partition coefficient (Wildman–Crippen LogP) is 1.33. The number of nitrogens with two attached hydrogens (primary N) is 1. The van der Waals surface area contributed by atoms with Crippen LogP contribution in [0.5, 0.6) is 0 Å². The van der Waals surface area contributed by atoms with E-state index in [1.54, 1.807) is 13.1 Å². The second kappa shape index (κ2) is 3.65. The molecule has 0 radical (unpaired) electrons. The SMILES string of the molecule is Cc1c(N)cncc1-c1cc(C(=O)O)no1. The zero-order valence-corrected chi connectivity index (χ0v) is 8.47. The van der Waals surface area contributed by atoms with E-state index in [0.717, 1.165) is 5.56 Å². The van der Waals surface area contributed by atoms with Crippen LogP contribution in [0.25, 0.3) is 11.3 Å². The number of hydrogen-bond acceptors (Lipinski definition) is 5. The van der Waals surface area contributed by atoms with E-state index < -0.39 is 5.97 Å². The molecule has 6 heteroatoms. The summed E-state index contributed by atoms with van der Waals surface area (Å²) in [5.41, 5.74) is 7.48. The number of anilines is 1. The van der Waals surface area contributed by atoms with E-state index in [-0.39, 0.29) is 5.69 Å². The van der Waals surface area contributed by atoms with Crippen LogP contribution in [-0.4, -0.2) is 21.2 Å². The van der Waals surface area contributed by atoms with E-state index in [0.29, 0.717) is 17.0 Å². The highest BCUT2D eigenvalue weighted by Gasteiger charge is 2.14. The third-order valence-electron chi connectivity index (χ3n) is 2.25. The molecule has 16 heavy (non-hydrogen) atoms. The quantitative estimate of drug-likeness (QED) is 0.789. The molecular weight excluding hydrogens is 210 g/mol. The lowest BCUT2D eigenvalue weighted by molar-refractivity contribution is 0.0686. The Morgan fingerprint density at radius 2 is 2.25 bits per heavy atom. The molecule has 0 aliphatic carbocycles. The Bertz CT molecular complexity index is 548. The molecule has 2 aromatic heterocycles. The molecule has 6 nitrogen and oxygen atoms in total. The van der Waals surface area contributed by atoms with E-state index in [2.05, 4.69) is 10.1 Å². The number of hydrogen-bond donors (Lipinski definition) is 2. The summed E-state index contributed by atoms with van der Waals surface area (Å²) in [5.74, 6) is -0.792. The molecule has 0 spiro atoms. The highest BCUT2D eigenvalue weighted by Crippen LogP contribution is 2.26. The number of nitrogens with zero attached hydrogens (tertiary/aromatic N) is 2. The van der Waals surface area contributed by atoms with E-state index in [1.165, 1.54) is 12.3 Å². The summed E-state index contributed by atoms with van der Waals surface area (Å²) in [6.45, 7) is 1.80. The van der Waals surface area contributed by atoms with Crippen molar-refractivity contribution >= 4 is 11.7 Å². The maximum atomic E-state index is 10.6. The van der Waals surface area contributed by atoms with E-state index >= 15 is 0 Å². The molecule has 0 fully saturated rings. The summed E-state index contributed by atoms with van der Waals surface area (Å²) >= 11 is 0. The number of carbonyl (C=O) groups is 1. The van der Waals surface area contributed by atoms with Crippen LogP contribution in [0.1, 0.15) is 16.1 Å². The first-order valence-electron chi connectivity index (χ1n) is 4.50. The van der Waals surface area contributed by atoms with Crippen molar-refractivity contribution in [3.63, 3.8) is 0 Å². The molecule has 82 valence electrons. The zero-order chi connectivity index (χ0) is 11.7. The molecule has 0 unspecified atom stereocenters. The van der Waals surface area contributed by atoms with Gasteiger partial charge in [-0.05, 0) is 12.5 Å². The predicted molar refractivity (Wildman–Crippen MR) is 55.8 cm³/mol. The van der Waals surface area contributed by atoms with Crippen molar-refractivity contribution < 1.29 is 14.4 Å². The molecule has 0 amide bonds. The smallest absolute Gasteiger partial charge is 0.358 e. The van der Waals surface area contributed by atoms with Crippen molar-refractivity contribution in [3.8, 4) is 11.3 Å². The lowest BCUT2D eigenvalue weighted by Gasteiger charge is -2.02. The monoisotopic (exact) mass is 219 g/mol. The lowest BCUT2D eigenvalue weighted by Crippen LogP contribution is -1.95. The summed E-state index contributed by atoms with van der Waals surface area (Å²) in [5, 5.41) is 12.1. The van der Waals surface area contributed by atoms with Gasteiger partial charge in [0.05, 0.1) is 11.9 Å². The average molecular weight is 219 g/mol. The third kappa shape index (κ3) is 1.60. The van der Waals surface area contributed by atoms with E-state index in [1.807, 2.05) is 0 Å². The number of carboxylic acid groups (broad SMARTS) is 1. The molecule has 0 bridgehead atoms. The highest BCUT2D eigenvalue weighted by atomic mass is 16.5. The summed E-state index contributed by atoms with van der Waals surface area (Å²) in [6.07, 6.45) is 3.07. The van der Waals surface area contributed by atoms with Gasteiger partial charge in [-0.15, -0.1) is 0 Å². The van der Waals surface area contributed by atoms with Crippen molar-refractivity contribution in [1.82, 2.24) is 10.1 Å². The molecular formula is C10H9N3O3. The van der Waals surface area contributed by atoms with Crippen molar-refractivity contribution in [2.24, 2.45) is 0 Å². The van der Waals surface area contributed by atoms with Crippen LogP contribution >= 0.6 is 0 Å². The van der Waals surface area contributed by atoms with Crippen molar-refractivity contribution in [2.45, 2.75) is 6.92 Å². The minimum Gasteiger partial charge on any atom is -0.476 e. The van der Waals surface area contributed by atoms with Gasteiger partial charge in [0.15, 0.2) is 11.5 Å². The Hall–Kier alpha value is -2.37. The Morgan fingerprint density at radius 3 is 2.88 bits per heavy atom. The van der Waals surface area contributed by atoms with Gasteiger partial charge in [0.25, 0.3) is 0 Å². The fourth-order valence-corrected chi connectivity index (χ4v) is 1.29. The number of aromatic carboxylic acids is 1. The summed E-state index contributed by atoms with van der Waals surface area (Å²) in [7, 11) is 0. The fraction of sp³-hybridized carbons (Fsp3) is 0.100. The van der Waals surface area contributed by atoms with Gasteiger partial charge in [0.2, 0.25) is 0 Å². The maximum absolute atomic E-state index is 10.6. The van der Waals surface area contributed by atoms with Crippen LogP contribution in [0.3, 0.4) is 0 Å². The highest BCUT2D eigenvalue weighted by molar-refractivity contribution is 5.86. The van der Waals surface area contributed by atoms with Crippen LogP contribution in [0.15, 0.2) is 23.0 Å². The Labute approximate surface area is 90.7 Å². The molecule has 3 N–H and O–H groups in total. The van der Waals surface area contributed by atoms with Gasteiger partial charge < -0.3 is 15.4 Å². The molecule has 2 aromatic rings. The summed E-state index contributed by atoms with van der Waals surface area (Å²) < 4.78 is 4.92. The molecule has 0 saturated carbocycles. The van der Waals surface area contributed by atoms with Crippen LogP contribution in [0.4, 0.5) is 5.69 Å². The third-order valence-corrected chi connectivity index (χ3v) is 2.25. The normalized spacial score (nSPS) is 10.3. The summed E-state index contributed by atoms with van der Waals surface area (Å²) in [6, 6.07) is 1.34. The first kappa shape index (κ1) is 10.2. The topological polar surface area (TPSA) is 102 Å². The number of rotatable bonds is 2. The summed E-state index contributed by atoms with van der Waals surface area (Å²) in [4.78, 5) is 14.5. The van der Waals surface area contributed by atoms with Gasteiger partial charge >= 0.3 is 5.97 Å². The van der Waals surface area contributed by atoms with Crippen molar-refractivity contribution in [2.75, 3.05) is 5.73 Å². The van der Waals surface area contributed by atoms with Crippen LogP contribution < -0.4 is 5.73 Å². The fourth-order valence-electron chi connectivity index (χ4n) is 1.29. The van der Waals surface area contributed by atoms with Gasteiger partial charge in [-0.25, -0.2) is 4.79 Å². The first-order valence-corrected chi connectivity index (χ1v) is 4.50. The molecule has 0 saturated heterocycles. The molecule has 0 aliphatic heterocycles. The van der Waals surface area contributed by atoms with Crippen molar-refractivity contribution in [3.05, 3.63) is 29.7 Å². The molecule has 2 rings (SSSR count). The van der Waals surface area contributed by atoms with Crippen LogP contribution in [0.2, 0.25) is 0 Å². The largest absolute Gasteiger partial charge is 0.476 e. The second-order valence-corrected chi connectivity index (χ2v) is 3.28. The Morgan fingerprint density at radius 1 is 1.50 bits per heavy atom. The minimum atomic E-state index is -1.13. The molecule has 0 aromatic carbocycles. The Kier molecular flexibility index (Phi) is 2.32. The number of carboxylic acids is 1. The number of aromatic nitrogens is 2.